The Hall–Kier alpha value is -1.51. The topological polar surface area (TPSA) is 40.5 Å². The van der Waals surface area contributed by atoms with Crippen LogP contribution in [0.15, 0.2) is 24.3 Å². The molecule has 1 aromatic carbocycles. The van der Waals surface area contributed by atoms with E-state index in [0.717, 1.165) is 43.4 Å². The summed E-state index contributed by atoms with van der Waals surface area (Å²) in [6.45, 7) is 0. The summed E-state index contributed by atoms with van der Waals surface area (Å²) in [6, 6.07) is 7.98. The fourth-order valence-corrected chi connectivity index (χ4v) is 2.86. The van der Waals surface area contributed by atoms with Crippen LogP contribution < -0.4 is 4.90 Å². The average molecular weight is 247 g/mol. The van der Waals surface area contributed by atoms with Gasteiger partial charge in [-0.25, -0.2) is 0 Å². The number of carboxylic acid groups (broad SMARTS) is 1. The van der Waals surface area contributed by atoms with Crippen LogP contribution in [0.1, 0.15) is 37.7 Å². The normalized spacial score (nSPS) is 18.3. The highest BCUT2D eigenvalue weighted by Gasteiger charge is 2.41. The lowest BCUT2D eigenvalue weighted by Crippen LogP contribution is -2.37. The van der Waals surface area contributed by atoms with Gasteiger partial charge < -0.3 is 10.0 Å². The summed E-state index contributed by atoms with van der Waals surface area (Å²) < 4.78 is 0. The van der Waals surface area contributed by atoms with E-state index in [9.17, 15) is 9.90 Å². The van der Waals surface area contributed by atoms with E-state index in [4.69, 9.17) is 0 Å². The van der Waals surface area contributed by atoms with Crippen molar-refractivity contribution in [3.8, 4) is 0 Å². The monoisotopic (exact) mass is 247 g/mol. The molecule has 3 heteroatoms. The van der Waals surface area contributed by atoms with Crippen LogP contribution in [-0.4, -0.2) is 25.2 Å². The molecular weight excluding hydrogens is 226 g/mol. The average Bonchev–Trinajstić information content (AvgIpc) is 2.39. The SMILES string of the molecule is CN(C)c1ccc(C2(C(=O)O)CCCCC2)cc1. The number of anilines is 1. The van der Waals surface area contributed by atoms with Gasteiger partial charge in [0.25, 0.3) is 0 Å². The quantitative estimate of drug-likeness (QED) is 0.892. The third kappa shape index (κ3) is 2.22. The Kier molecular flexibility index (Phi) is 3.60. The standard InChI is InChI=1S/C15H21NO2/c1-16(2)13-8-6-12(7-9-13)15(14(17)18)10-4-3-5-11-15/h6-9H,3-5,10-11H2,1-2H3,(H,17,18). The van der Waals surface area contributed by atoms with Crippen molar-refractivity contribution in [3.05, 3.63) is 29.8 Å². The zero-order valence-corrected chi connectivity index (χ0v) is 11.1. The molecule has 0 aromatic heterocycles. The Morgan fingerprint density at radius 2 is 1.67 bits per heavy atom. The molecule has 1 aliphatic rings. The zero-order valence-electron chi connectivity index (χ0n) is 11.1. The molecule has 1 aliphatic carbocycles. The minimum Gasteiger partial charge on any atom is -0.481 e. The number of aliphatic carboxylic acids is 1. The summed E-state index contributed by atoms with van der Waals surface area (Å²) >= 11 is 0. The van der Waals surface area contributed by atoms with Crippen LogP contribution in [-0.2, 0) is 10.2 Å². The van der Waals surface area contributed by atoms with Gasteiger partial charge >= 0.3 is 5.97 Å². The first-order chi connectivity index (χ1) is 8.56. The van der Waals surface area contributed by atoms with E-state index in [1.807, 2.05) is 43.3 Å². The van der Waals surface area contributed by atoms with E-state index in [-0.39, 0.29) is 0 Å². The fourth-order valence-electron chi connectivity index (χ4n) is 2.86. The Labute approximate surface area is 108 Å². The number of nitrogens with zero attached hydrogens (tertiary/aromatic N) is 1. The van der Waals surface area contributed by atoms with Gasteiger partial charge in [0.2, 0.25) is 0 Å². The fraction of sp³-hybridized carbons (Fsp3) is 0.533. The van der Waals surface area contributed by atoms with Crippen molar-refractivity contribution in [2.24, 2.45) is 0 Å². The Morgan fingerprint density at radius 1 is 1.11 bits per heavy atom. The van der Waals surface area contributed by atoms with Crippen molar-refractivity contribution in [2.75, 3.05) is 19.0 Å². The molecule has 0 atom stereocenters. The van der Waals surface area contributed by atoms with Crippen molar-refractivity contribution in [2.45, 2.75) is 37.5 Å². The summed E-state index contributed by atoms with van der Waals surface area (Å²) in [5.41, 5.74) is 1.42. The molecule has 1 fully saturated rings. The number of hydrogen-bond acceptors (Lipinski definition) is 2. The van der Waals surface area contributed by atoms with Crippen LogP contribution in [0.2, 0.25) is 0 Å². The lowest BCUT2D eigenvalue weighted by atomic mass is 9.69. The van der Waals surface area contributed by atoms with Crippen LogP contribution in [0.4, 0.5) is 5.69 Å². The van der Waals surface area contributed by atoms with E-state index in [1.165, 1.54) is 0 Å². The molecule has 3 nitrogen and oxygen atoms in total. The molecule has 1 aromatic rings. The highest BCUT2D eigenvalue weighted by atomic mass is 16.4. The first kappa shape index (κ1) is 12.9. The summed E-state index contributed by atoms with van der Waals surface area (Å²) in [5, 5.41) is 9.61. The molecule has 1 saturated carbocycles. The molecule has 0 unspecified atom stereocenters. The third-order valence-electron chi connectivity index (χ3n) is 4.05. The maximum Gasteiger partial charge on any atom is 0.314 e. The maximum atomic E-state index is 11.7. The van der Waals surface area contributed by atoms with Crippen LogP contribution in [0.3, 0.4) is 0 Å². The molecule has 0 heterocycles. The summed E-state index contributed by atoms with van der Waals surface area (Å²) in [7, 11) is 3.98. The lowest BCUT2D eigenvalue weighted by Gasteiger charge is -2.33. The molecule has 18 heavy (non-hydrogen) atoms. The predicted molar refractivity (Wildman–Crippen MR) is 73.2 cm³/mol. The van der Waals surface area contributed by atoms with Gasteiger partial charge in [-0.1, -0.05) is 31.4 Å². The minimum atomic E-state index is -0.667. The van der Waals surface area contributed by atoms with Crippen LogP contribution in [0.5, 0.6) is 0 Å². The van der Waals surface area contributed by atoms with Crippen molar-refractivity contribution in [3.63, 3.8) is 0 Å². The lowest BCUT2D eigenvalue weighted by molar-refractivity contribution is -0.145. The van der Waals surface area contributed by atoms with Gasteiger partial charge in [0.05, 0.1) is 5.41 Å². The smallest absolute Gasteiger partial charge is 0.314 e. The summed E-state index contributed by atoms with van der Waals surface area (Å²) in [6.07, 6.45) is 4.72. The number of benzene rings is 1. The molecule has 0 radical (unpaired) electrons. The molecule has 0 bridgehead atoms. The molecule has 0 saturated heterocycles. The van der Waals surface area contributed by atoms with E-state index in [2.05, 4.69) is 0 Å². The molecular formula is C15H21NO2. The summed E-state index contributed by atoms with van der Waals surface area (Å²) in [5.74, 6) is -0.667. The van der Waals surface area contributed by atoms with Crippen LogP contribution >= 0.6 is 0 Å². The maximum absolute atomic E-state index is 11.7. The van der Waals surface area contributed by atoms with Gasteiger partial charge in [0, 0.05) is 19.8 Å². The van der Waals surface area contributed by atoms with Crippen molar-refractivity contribution >= 4 is 11.7 Å². The van der Waals surface area contributed by atoms with E-state index >= 15 is 0 Å². The number of rotatable bonds is 3. The minimum absolute atomic E-state index is 0.650. The molecule has 1 N–H and O–H groups in total. The molecule has 0 aliphatic heterocycles. The predicted octanol–water partition coefficient (Wildman–Crippen LogP) is 3.04. The van der Waals surface area contributed by atoms with Gasteiger partial charge in [-0.15, -0.1) is 0 Å². The van der Waals surface area contributed by atoms with E-state index in [0.29, 0.717) is 0 Å². The largest absolute Gasteiger partial charge is 0.481 e. The Bertz CT molecular complexity index is 417. The highest BCUT2D eigenvalue weighted by molar-refractivity contribution is 5.81. The summed E-state index contributed by atoms with van der Waals surface area (Å²) in [4.78, 5) is 13.7. The number of hydrogen-bond donors (Lipinski definition) is 1. The Morgan fingerprint density at radius 3 is 2.11 bits per heavy atom. The third-order valence-corrected chi connectivity index (χ3v) is 4.05. The van der Waals surface area contributed by atoms with Crippen molar-refractivity contribution in [1.29, 1.82) is 0 Å². The van der Waals surface area contributed by atoms with Gasteiger partial charge in [-0.2, -0.15) is 0 Å². The molecule has 0 spiro atoms. The second-order valence-corrected chi connectivity index (χ2v) is 5.39. The van der Waals surface area contributed by atoms with Gasteiger partial charge in [-0.05, 0) is 30.5 Å². The second kappa shape index (κ2) is 5.01. The molecule has 0 amide bonds. The highest BCUT2D eigenvalue weighted by Crippen LogP contribution is 2.40. The molecule has 2 rings (SSSR count). The zero-order chi connectivity index (χ0) is 13.2. The van der Waals surface area contributed by atoms with Crippen LogP contribution in [0.25, 0.3) is 0 Å². The van der Waals surface area contributed by atoms with Crippen molar-refractivity contribution in [1.82, 2.24) is 0 Å². The number of carboxylic acids is 1. The Balaban J connectivity index is 2.34. The van der Waals surface area contributed by atoms with Crippen LogP contribution in [0, 0.1) is 0 Å². The van der Waals surface area contributed by atoms with Crippen molar-refractivity contribution < 1.29 is 9.90 Å². The van der Waals surface area contributed by atoms with E-state index in [1.54, 1.807) is 0 Å². The van der Waals surface area contributed by atoms with Gasteiger partial charge in [-0.3, -0.25) is 4.79 Å². The first-order valence-electron chi connectivity index (χ1n) is 6.57. The number of carbonyl (C=O) groups is 1. The second-order valence-electron chi connectivity index (χ2n) is 5.39. The van der Waals surface area contributed by atoms with Gasteiger partial charge in [0.15, 0.2) is 0 Å². The first-order valence-corrected chi connectivity index (χ1v) is 6.57. The van der Waals surface area contributed by atoms with Gasteiger partial charge in [0.1, 0.15) is 0 Å². The van der Waals surface area contributed by atoms with E-state index < -0.39 is 11.4 Å². The molecule has 98 valence electrons.